The first kappa shape index (κ1) is 18.4. The maximum Gasteiger partial charge on any atom is 0.337 e. The second-order valence-corrected chi connectivity index (χ2v) is 5.58. The van der Waals surface area contributed by atoms with E-state index < -0.39 is 16.8 Å². The Morgan fingerprint density at radius 2 is 2.12 bits per heavy atom. The second kappa shape index (κ2) is 7.31. The third-order valence-electron chi connectivity index (χ3n) is 4.04. The van der Waals surface area contributed by atoms with Gasteiger partial charge in [-0.05, 0) is 19.4 Å². The fourth-order valence-electron chi connectivity index (χ4n) is 2.70. The average molecular weight is 349 g/mol. The Bertz CT molecular complexity index is 771. The van der Waals surface area contributed by atoms with Crippen LogP contribution in [0.1, 0.15) is 11.1 Å². The molecule has 1 aliphatic rings. The summed E-state index contributed by atoms with van der Waals surface area (Å²) in [5, 5.41) is 23.1. The van der Waals surface area contributed by atoms with Gasteiger partial charge in [-0.1, -0.05) is 6.07 Å². The molecule has 0 bridgehead atoms. The minimum atomic E-state index is -0.669. The molecule has 1 amide bonds. The first-order chi connectivity index (χ1) is 11.8. The number of nitrogens with zero attached hydrogens (tertiary/aromatic N) is 2. The highest BCUT2D eigenvalue weighted by Crippen LogP contribution is 2.32. The molecule has 0 radical (unpaired) electrons. The molecular weight excluding hydrogens is 330 g/mol. The molecule has 1 aromatic carbocycles. The largest absolute Gasteiger partial charge is 0.466 e. The molecule has 0 saturated heterocycles. The van der Waals surface area contributed by atoms with Gasteiger partial charge >= 0.3 is 5.97 Å². The number of nitro benzene ring substituents is 1. The van der Waals surface area contributed by atoms with Crippen LogP contribution in [0.4, 0.5) is 11.4 Å². The lowest BCUT2D eigenvalue weighted by atomic mass is 10.1. The van der Waals surface area contributed by atoms with Gasteiger partial charge in [-0.3, -0.25) is 14.9 Å². The summed E-state index contributed by atoms with van der Waals surface area (Å²) in [6.45, 7) is 3.13. The molecule has 134 valence electrons. The first-order valence-electron chi connectivity index (χ1n) is 7.55. The maximum absolute atomic E-state index is 12.5. The third-order valence-corrected chi connectivity index (χ3v) is 4.04. The molecule has 0 fully saturated rings. The van der Waals surface area contributed by atoms with Crippen molar-refractivity contribution in [1.29, 1.82) is 0 Å². The molecule has 2 rings (SSSR count). The van der Waals surface area contributed by atoms with Crippen molar-refractivity contribution in [2.75, 3.05) is 32.1 Å². The van der Waals surface area contributed by atoms with Crippen LogP contribution in [0.3, 0.4) is 0 Å². The normalized spacial score (nSPS) is 14.1. The van der Waals surface area contributed by atoms with E-state index in [4.69, 9.17) is 9.84 Å². The molecule has 1 aliphatic heterocycles. The van der Waals surface area contributed by atoms with Gasteiger partial charge in [0.1, 0.15) is 5.70 Å². The fourth-order valence-corrected chi connectivity index (χ4v) is 2.70. The lowest BCUT2D eigenvalue weighted by molar-refractivity contribution is -0.385. The van der Waals surface area contributed by atoms with Crippen LogP contribution in [-0.2, 0) is 14.3 Å². The van der Waals surface area contributed by atoms with Crippen molar-refractivity contribution >= 4 is 23.3 Å². The highest BCUT2D eigenvalue weighted by Gasteiger charge is 2.35. The molecule has 25 heavy (non-hydrogen) atoms. The molecule has 1 aromatic rings. The zero-order valence-electron chi connectivity index (χ0n) is 14.2. The zero-order chi connectivity index (χ0) is 18.7. The molecule has 0 atom stereocenters. The number of methoxy groups -OCH3 is 1. The molecule has 0 unspecified atom stereocenters. The van der Waals surface area contributed by atoms with Gasteiger partial charge in [-0.15, -0.1) is 0 Å². The van der Waals surface area contributed by atoms with E-state index in [1.165, 1.54) is 18.1 Å². The summed E-state index contributed by atoms with van der Waals surface area (Å²) in [5.41, 5.74) is 1.47. The van der Waals surface area contributed by atoms with Crippen LogP contribution in [0.5, 0.6) is 0 Å². The number of rotatable bonds is 6. The van der Waals surface area contributed by atoms with E-state index in [0.717, 1.165) is 0 Å². The highest BCUT2D eigenvalue weighted by atomic mass is 16.6. The number of nitrogens with one attached hydrogen (secondary N) is 1. The van der Waals surface area contributed by atoms with E-state index in [-0.39, 0.29) is 36.7 Å². The van der Waals surface area contributed by atoms with Gasteiger partial charge in [0.15, 0.2) is 0 Å². The van der Waals surface area contributed by atoms with E-state index in [1.807, 2.05) is 0 Å². The molecule has 0 aromatic heterocycles. The van der Waals surface area contributed by atoms with Crippen LogP contribution in [0.25, 0.3) is 0 Å². The van der Waals surface area contributed by atoms with Gasteiger partial charge in [0, 0.05) is 12.6 Å². The Hall–Kier alpha value is -2.94. The van der Waals surface area contributed by atoms with Crippen molar-refractivity contribution in [2.45, 2.75) is 13.8 Å². The molecule has 9 heteroatoms. The number of aliphatic hydroxyl groups is 1. The number of anilines is 1. The summed E-state index contributed by atoms with van der Waals surface area (Å²) >= 11 is 0. The summed E-state index contributed by atoms with van der Waals surface area (Å²) in [5.74, 6) is -1.14. The topological polar surface area (TPSA) is 122 Å². The molecule has 1 heterocycles. The standard InChI is InChI=1S/C16H19N3O6/c1-9-4-5-12(19(23)24)10(2)13(9)17-14-11(16(22)25-3)8-18(6-7-20)15(14)21/h4-5,17,20H,6-8H2,1-3H3. The average Bonchev–Trinajstić information content (AvgIpc) is 2.87. The van der Waals surface area contributed by atoms with Crippen molar-refractivity contribution in [1.82, 2.24) is 4.90 Å². The van der Waals surface area contributed by atoms with Crippen LogP contribution >= 0.6 is 0 Å². The van der Waals surface area contributed by atoms with Crippen molar-refractivity contribution in [3.8, 4) is 0 Å². The van der Waals surface area contributed by atoms with Crippen LogP contribution in [0.2, 0.25) is 0 Å². The lowest BCUT2D eigenvalue weighted by Gasteiger charge is -2.16. The molecular formula is C16H19N3O6. The van der Waals surface area contributed by atoms with E-state index in [1.54, 1.807) is 19.9 Å². The van der Waals surface area contributed by atoms with Gasteiger partial charge in [-0.25, -0.2) is 4.79 Å². The number of β-amino-alcohol motifs (C(OH)–C–C–N with tert-alkyl or cyclic N) is 1. The Morgan fingerprint density at radius 3 is 2.68 bits per heavy atom. The highest BCUT2D eigenvalue weighted by molar-refractivity contribution is 6.08. The summed E-state index contributed by atoms with van der Waals surface area (Å²) < 4.78 is 4.71. The number of nitro groups is 1. The number of aryl methyl sites for hydroxylation is 1. The monoisotopic (exact) mass is 349 g/mol. The van der Waals surface area contributed by atoms with Gasteiger partial charge in [-0.2, -0.15) is 0 Å². The number of carbonyl (C=O) groups excluding carboxylic acids is 2. The minimum absolute atomic E-state index is 0.00141. The number of ether oxygens (including phenoxy) is 1. The fraction of sp³-hybridized carbons (Fsp3) is 0.375. The summed E-state index contributed by atoms with van der Waals surface area (Å²) in [6.07, 6.45) is 0. The SMILES string of the molecule is COC(=O)C1=C(Nc2c(C)ccc([N+](=O)[O-])c2C)C(=O)N(CCO)C1. The van der Waals surface area contributed by atoms with Crippen molar-refractivity contribution < 1.29 is 24.4 Å². The molecule has 0 saturated carbocycles. The van der Waals surface area contributed by atoms with Gasteiger partial charge < -0.3 is 20.1 Å². The number of aliphatic hydroxyl groups excluding tert-OH is 1. The quantitative estimate of drug-likeness (QED) is 0.444. The molecule has 0 aliphatic carbocycles. The smallest absolute Gasteiger partial charge is 0.337 e. The van der Waals surface area contributed by atoms with Crippen molar-refractivity contribution in [3.05, 3.63) is 44.6 Å². The summed E-state index contributed by atoms with van der Waals surface area (Å²) in [6, 6.07) is 2.96. The summed E-state index contributed by atoms with van der Waals surface area (Å²) in [7, 11) is 1.20. The van der Waals surface area contributed by atoms with E-state index in [0.29, 0.717) is 16.8 Å². The van der Waals surface area contributed by atoms with Crippen molar-refractivity contribution in [3.63, 3.8) is 0 Å². The van der Waals surface area contributed by atoms with Gasteiger partial charge in [0.2, 0.25) is 0 Å². The minimum Gasteiger partial charge on any atom is -0.466 e. The van der Waals surface area contributed by atoms with E-state index in [2.05, 4.69) is 5.32 Å². The number of hydrogen-bond acceptors (Lipinski definition) is 7. The number of esters is 1. The molecule has 0 spiro atoms. The Balaban J connectivity index is 2.49. The van der Waals surface area contributed by atoms with Gasteiger partial charge in [0.25, 0.3) is 11.6 Å². The van der Waals surface area contributed by atoms with Crippen LogP contribution in [0.15, 0.2) is 23.4 Å². The van der Waals surface area contributed by atoms with Crippen LogP contribution in [0, 0.1) is 24.0 Å². The maximum atomic E-state index is 12.5. The Labute approximate surface area is 144 Å². The lowest BCUT2D eigenvalue weighted by Crippen LogP contribution is -2.31. The predicted molar refractivity (Wildman–Crippen MR) is 88.9 cm³/mol. The third kappa shape index (κ3) is 3.45. The zero-order valence-corrected chi connectivity index (χ0v) is 14.2. The number of benzene rings is 1. The predicted octanol–water partition coefficient (Wildman–Crippen LogP) is 0.885. The number of hydrogen-bond donors (Lipinski definition) is 2. The first-order valence-corrected chi connectivity index (χ1v) is 7.55. The van der Waals surface area contributed by atoms with Gasteiger partial charge in [0.05, 0.1) is 42.0 Å². The second-order valence-electron chi connectivity index (χ2n) is 5.58. The molecule has 9 nitrogen and oxygen atoms in total. The summed E-state index contributed by atoms with van der Waals surface area (Å²) in [4.78, 5) is 36.4. The van der Waals surface area contributed by atoms with Crippen LogP contribution in [-0.4, -0.2) is 53.6 Å². The number of amides is 1. The Kier molecular flexibility index (Phi) is 5.38. The van der Waals surface area contributed by atoms with E-state index in [9.17, 15) is 19.7 Å². The number of carbonyl (C=O) groups is 2. The van der Waals surface area contributed by atoms with E-state index >= 15 is 0 Å². The molecule has 2 N–H and O–H groups in total. The van der Waals surface area contributed by atoms with Crippen LogP contribution < -0.4 is 5.32 Å². The van der Waals surface area contributed by atoms with Crippen molar-refractivity contribution in [2.24, 2.45) is 0 Å². The Morgan fingerprint density at radius 1 is 1.44 bits per heavy atom.